The first-order chi connectivity index (χ1) is 15.1. The Balaban J connectivity index is 1.71. The molecule has 4 rings (SSSR count). The summed E-state index contributed by atoms with van der Waals surface area (Å²) in [5, 5.41) is 7.95. The maximum Gasteiger partial charge on any atom is 0.253 e. The lowest BCUT2D eigenvalue weighted by Gasteiger charge is -2.10. The van der Waals surface area contributed by atoms with Crippen LogP contribution in [0.5, 0.6) is 0 Å². The summed E-state index contributed by atoms with van der Waals surface area (Å²) in [6.07, 6.45) is 1.85. The molecule has 0 spiro atoms. The fourth-order valence-corrected chi connectivity index (χ4v) is 4.83. The molecule has 31 heavy (non-hydrogen) atoms. The third kappa shape index (κ3) is 4.76. The highest BCUT2D eigenvalue weighted by Gasteiger charge is 2.20. The molecule has 0 aliphatic heterocycles. The Morgan fingerprint density at radius 3 is 2.81 bits per heavy atom. The molecule has 0 aliphatic carbocycles. The van der Waals surface area contributed by atoms with E-state index >= 15 is 0 Å². The highest BCUT2D eigenvalue weighted by atomic mass is 32.1. The predicted octanol–water partition coefficient (Wildman–Crippen LogP) is 4.78. The second-order valence-corrected chi connectivity index (χ2v) is 9.06. The molecule has 1 N–H and O–H groups in total. The van der Waals surface area contributed by atoms with Gasteiger partial charge in [-0.3, -0.25) is 9.78 Å². The Bertz CT molecular complexity index is 1160. The first-order valence-corrected chi connectivity index (χ1v) is 11.7. The van der Waals surface area contributed by atoms with Crippen LogP contribution in [0.1, 0.15) is 26.6 Å². The molecule has 0 radical (unpaired) electrons. The summed E-state index contributed by atoms with van der Waals surface area (Å²) in [7, 11) is 1.62. The number of rotatable bonds is 8. The summed E-state index contributed by atoms with van der Waals surface area (Å²) in [5.41, 5.74) is 5.35. The number of aryl methyl sites for hydroxylation is 1. The fourth-order valence-electron chi connectivity index (χ4n) is 3.33. The van der Waals surface area contributed by atoms with E-state index < -0.39 is 0 Å². The summed E-state index contributed by atoms with van der Waals surface area (Å²) in [5.74, 6) is -0.0982. The lowest BCUT2D eigenvalue weighted by molar-refractivity contribution is 0.0936. The standard InChI is InChI=1S/C23H24N4O2S2/c1-15-6-7-17(12-25-15)23-26-20(14-31-23)21-11-19(22(28)24-8-9-29-3)16(2)27(21)13-18-5-4-10-30-18/h4-7,10-12,14H,8-9,13H2,1-3H3,(H,24,28). The van der Waals surface area contributed by atoms with Gasteiger partial charge in [0.05, 0.1) is 30.1 Å². The molecule has 0 aliphatic rings. The molecular weight excluding hydrogens is 428 g/mol. The Morgan fingerprint density at radius 1 is 1.23 bits per heavy atom. The molecule has 6 nitrogen and oxygen atoms in total. The maximum absolute atomic E-state index is 12.8. The molecule has 4 aromatic rings. The first kappa shape index (κ1) is 21.4. The van der Waals surface area contributed by atoms with Crippen molar-refractivity contribution < 1.29 is 9.53 Å². The van der Waals surface area contributed by atoms with Crippen LogP contribution in [0.4, 0.5) is 0 Å². The van der Waals surface area contributed by atoms with Gasteiger partial charge in [-0.25, -0.2) is 4.98 Å². The topological polar surface area (TPSA) is 69.0 Å². The van der Waals surface area contributed by atoms with Gasteiger partial charge in [0.2, 0.25) is 0 Å². The molecule has 0 saturated heterocycles. The molecule has 0 atom stereocenters. The zero-order valence-corrected chi connectivity index (χ0v) is 19.3. The van der Waals surface area contributed by atoms with E-state index in [0.29, 0.717) is 25.3 Å². The van der Waals surface area contributed by atoms with Crippen molar-refractivity contribution in [3.63, 3.8) is 0 Å². The zero-order valence-electron chi connectivity index (χ0n) is 17.7. The molecule has 160 valence electrons. The number of ether oxygens (including phenoxy) is 1. The lowest BCUT2D eigenvalue weighted by atomic mass is 10.2. The van der Waals surface area contributed by atoms with E-state index in [1.54, 1.807) is 29.8 Å². The molecule has 0 bridgehead atoms. The number of carbonyl (C=O) groups excluding carboxylic acids is 1. The van der Waals surface area contributed by atoms with E-state index in [0.717, 1.165) is 33.3 Å². The number of pyridine rings is 1. The molecule has 0 saturated carbocycles. The fraction of sp³-hybridized carbons (Fsp3) is 0.261. The van der Waals surface area contributed by atoms with Crippen molar-refractivity contribution >= 4 is 28.6 Å². The predicted molar refractivity (Wildman–Crippen MR) is 126 cm³/mol. The number of aromatic nitrogens is 3. The van der Waals surface area contributed by atoms with Gasteiger partial charge in [0.15, 0.2) is 0 Å². The van der Waals surface area contributed by atoms with E-state index in [1.165, 1.54) is 4.88 Å². The molecule has 1 amide bonds. The van der Waals surface area contributed by atoms with Crippen LogP contribution in [0.25, 0.3) is 22.0 Å². The average Bonchev–Trinajstić information content (AvgIpc) is 3.51. The summed E-state index contributed by atoms with van der Waals surface area (Å²) in [4.78, 5) is 23.3. The van der Waals surface area contributed by atoms with Crippen LogP contribution >= 0.6 is 22.7 Å². The van der Waals surface area contributed by atoms with Crippen molar-refractivity contribution in [2.45, 2.75) is 20.4 Å². The number of carbonyl (C=O) groups is 1. The van der Waals surface area contributed by atoms with Gasteiger partial charge >= 0.3 is 0 Å². The van der Waals surface area contributed by atoms with Gasteiger partial charge in [-0.15, -0.1) is 22.7 Å². The van der Waals surface area contributed by atoms with Gasteiger partial charge in [-0.05, 0) is 43.5 Å². The third-order valence-corrected chi connectivity index (χ3v) is 6.77. The van der Waals surface area contributed by atoms with Crippen LogP contribution in [0.3, 0.4) is 0 Å². The average molecular weight is 453 g/mol. The number of nitrogens with zero attached hydrogens (tertiary/aromatic N) is 3. The molecule has 0 aromatic carbocycles. The number of thiazole rings is 1. The molecular formula is C23H24N4O2S2. The van der Waals surface area contributed by atoms with Gasteiger partial charge in [-0.1, -0.05) is 6.07 Å². The van der Waals surface area contributed by atoms with Gasteiger partial charge in [-0.2, -0.15) is 0 Å². The Hall–Kier alpha value is -2.81. The number of amides is 1. The highest BCUT2D eigenvalue weighted by Crippen LogP contribution is 2.32. The zero-order chi connectivity index (χ0) is 21.8. The van der Waals surface area contributed by atoms with Crippen LogP contribution < -0.4 is 5.32 Å². The Kier molecular flexibility index (Phi) is 6.60. The SMILES string of the molecule is COCCNC(=O)c1cc(-c2csc(-c3ccc(C)nc3)n2)n(Cc2cccs2)c1C. The maximum atomic E-state index is 12.8. The van der Waals surface area contributed by atoms with Gasteiger partial charge in [0, 0.05) is 47.1 Å². The van der Waals surface area contributed by atoms with Crippen molar-refractivity contribution in [2.24, 2.45) is 0 Å². The first-order valence-electron chi connectivity index (χ1n) is 9.95. The number of thiophene rings is 1. The van der Waals surface area contributed by atoms with Crippen LogP contribution in [0, 0.1) is 13.8 Å². The minimum atomic E-state index is -0.0982. The number of methoxy groups -OCH3 is 1. The van der Waals surface area contributed by atoms with Crippen molar-refractivity contribution in [3.8, 4) is 22.0 Å². The molecule has 0 fully saturated rings. The summed E-state index contributed by atoms with van der Waals surface area (Å²) in [6, 6.07) is 10.1. The Labute approximate surface area is 189 Å². The summed E-state index contributed by atoms with van der Waals surface area (Å²) < 4.78 is 7.22. The quantitative estimate of drug-likeness (QED) is 0.391. The molecule has 8 heteroatoms. The summed E-state index contributed by atoms with van der Waals surface area (Å²) >= 11 is 3.29. The van der Waals surface area contributed by atoms with Gasteiger partial charge in [0.1, 0.15) is 5.01 Å². The third-order valence-electron chi connectivity index (χ3n) is 5.02. The second-order valence-electron chi connectivity index (χ2n) is 7.17. The smallest absolute Gasteiger partial charge is 0.253 e. The number of nitrogens with one attached hydrogen (secondary N) is 1. The lowest BCUT2D eigenvalue weighted by Crippen LogP contribution is -2.27. The minimum Gasteiger partial charge on any atom is -0.383 e. The molecule has 4 heterocycles. The Morgan fingerprint density at radius 2 is 2.10 bits per heavy atom. The molecule has 4 aromatic heterocycles. The summed E-state index contributed by atoms with van der Waals surface area (Å²) in [6.45, 7) is 5.61. The monoisotopic (exact) mass is 452 g/mol. The van der Waals surface area contributed by atoms with Crippen molar-refractivity contribution in [2.75, 3.05) is 20.3 Å². The number of hydrogen-bond acceptors (Lipinski definition) is 6. The van der Waals surface area contributed by atoms with E-state index in [9.17, 15) is 4.79 Å². The van der Waals surface area contributed by atoms with Gasteiger partial charge < -0.3 is 14.6 Å². The van der Waals surface area contributed by atoms with Crippen LogP contribution in [-0.2, 0) is 11.3 Å². The highest BCUT2D eigenvalue weighted by molar-refractivity contribution is 7.13. The van der Waals surface area contributed by atoms with E-state index in [2.05, 4.69) is 26.3 Å². The molecule has 0 unspecified atom stereocenters. The van der Waals surface area contributed by atoms with Crippen molar-refractivity contribution in [3.05, 3.63) is 69.1 Å². The van der Waals surface area contributed by atoms with Crippen LogP contribution in [0.15, 0.2) is 47.3 Å². The van der Waals surface area contributed by atoms with Crippen molar-refractivity contribution in [1.29, 1.82) is 0 Å². The van der Waals surface area contributed by atoms with E-state index in [-0.39, 0.29) is 5.91 Å². The van der Waals surface area contributed by atoms with E-state index in [4.69, 9.17) is 9.72 Å². The minimum absolute atomic E-state index is 0.0982. The largest absolute Gasteiger partial charge is 0.383 e. The van der Waals surface area contributed by atoms with Crippen molar-refractivity contribution in [1.82, 2.24) is 19.9 Å². The second kappa shape index (κ2) is 9.55. The van der Waals surface area contributed by atoms with E-state index in [1.807, 2.05) is 49.7 Å². The normalized spacial score (nSPS) is 11.1. The van der Waals surface area contributed by atoms with Crippen LogP contribution in [-0.4, -0.2) is 40.7 Å². The van der Waals surface area contributed by atoms with Crippen LogP contribution in [0.2, 0.25) is 0 Å². The van der Waals surface area contributed by atoms with Gasteiger partial charge in [0.25, 0.3) is 5.91 Å². The number of hydrogen-bond donors (Lipinski definition) is 1.